The van der Waals surface area contributed by atoms with E-state index in [-0.39, 0.29) is 30.7 Å². The Morgan fingerprint density at radius 1 is 1.12 bits per heavy atom. The van der Waals surface area contributed by atoms with E-state index in [1.807, 2.05) is 37.3 Å². The van der Waals surface area contributed by atoms with Crippen molar-refractivity contribution in [1.82, 2.24) is 35.5 Å². The van der Waals surface area contributed by atoms with Crippen molar-refractivity contribution in [3.8, 4) is 17.3 Å². The molecule has 3 heterocycles. The average molecular weight is 456 g/mol. The summed E-state index contributed by atoms with van der Waals surface area (Å²) in [6.45, 7) is 2.73. The monoisotopic (exact) mass is 456 g/mol. The number of carbonyl (C=O) groups excluding carboxylic acids is 2. The van der Waals surface area contributed by atoms with Gasteiger partial charge in [-0.1, -0.05) is 35.9 Å². The first-order valence-electron chi connectivity index (χ1n) is 10.5. The SMILES string of the molecule is Cc1ccc(Cn2nnc(-c3cc(C(=O)NCc4ccc5c(c4)NC(=O)CO5)ncn3)n2)cc1. The van der Waals surface area contributed by atoms with Crippen LogP contribution < -0.4 is 15.4 Å². The predicted octanol–water partition coefficient (Wildman–Crippen LogP) is 1.75. The Kier molecular flexibility index (Phi) is 5.65. The number of carbonyl (C=O) groups is 2. The lowest BCUT2D eigenvalue weighted by molar-refractivity contribution is -0.118. The van der Waals surface area contributed by atoms with E-state index in [4.69, 9.17) is 4.74 Å². The molecule has 0 unspecified atom stereocenters. The number of aromatic nitrogens is 6. The van der Waals surface area contributed by atoms with Gasteiger partial charge in [0.25, 0.3) is 11.8 Å². The Morgan fingerprint density at radius 3 is 2.79 bits per heavy atom. The van der Waals surface area contributed by atoms with Crippen molar-refractivity contribution in [2.75, 3.05) is 11.9 Å². The number of tetrazole rings is 1. The lowest BCUT2D eigenvalue weighted by Gasteiger charge is -2.18. The lowest BCUT2D eigenvalue weighted by Crippen LogP contribution is -2.26. The van der Waals surface area contributed by atoms with Gasteiger partial charge < -0.3 is 15.4 Å². The highest BCUT2D eigenvalue weighted by atomic mass is 16.5. The van der Waals surface area contributed by atoms with E-state index < -0.39 is 0 Å². The molecule has 2 aromatic heterocycles. The molecule has 0 aliphatic carbocycles. The molecule has 1 aliphatic heterocycles. The van der Waals surface area contributed by atoms with Crippen molar-refractivity contribution >= 4 is 17.5 Å². The molecule has 0 saturated carbocycles. The number of hydrogen-bond acceptors (Lipinski definition) is 8. The standard InChI is InChI=1S/C23H20N8O3/c1-14-2-4-15(5-3-14)11-31-29-22(28-30-31)18-9-19(26-13-25-18)23(33)24-10-16-6-7-20-17(8-16)27-21(32)12-34-20/h2-9,13H,10-12H2,1H3,(H,24,33)(H,27,32). The third-order valence-electron chi connectivity index (χ3n) is 5.16. The minimum absolute atomic E-state index is 0.00625. The fraction of sp³-hybridized carbons (Fsp3) is 0.174. The van der Waals surface area contributed by atoms with Crippen LogP contribution in [0, 0.1) is 6.92 Å². The van der Waals surface area contributed by atoms with E-state index in [0.29, 0.717) is 29.5 Å². The molecule has 5 rings (SSSR count). The fourth-order valence-electron chi connectivity index (χ4n) is 3.39. The van der Waals surface area contributed by atoms with Crippen LogP contribution in [0.5, 0.6) is 5.75 Å². The maximum Gasteiger partial charge on any atom is 0.270 e. The molecule has 0 radical (unpaired) electrons. The van der Waals surface area contributed by atoms with Crippen LogP contribution >= 0.6 is 0 Å². The largest absolute Gasteiger partial charge is 0.482 e. The van der Waals surface area contributed by atoms with Gasteiger partial charge in [0.15, 0.2) is 6.61 Å². The van der Waals surface area contributed by atoms with Gasteiger partial charge in [0.2, 0.25) is 5.82 Å². The van der Waals surface area contributed by atoms with Crippen molar-refractivity contribution < 1.29 is 14.3 Å². The van der Waals surface area contributed by atoms with E-state index >= 15 is 0 Å². The predicted molar refractivity (Wildman–Crippen MR) is 121 cm³/mol. The first-order chi connectivity index (χ1) is 16.5. The summed E-state index contributed by atoms with van der Waals surface area (Å²) < 4.78 is 5.35. The van der Waals surface area contributed by atoms with E-state index in [9.17, 15) is 9.59 Å². The number of hydrogen-bond donors (Lipinski definition) is 2. The van der Waals surface area contributed by atoms with Gasteiger partial charge in [0.05, 0.1) is 12.2 Å². The molecule has 34 heavy (non-hydrogen) atoms. The molecule has 0 atom stereocenters. The number of nitrogens with one attached hydrogen (secondary N) is 2. The Hall–Kier alpha value is -4.67. The van der Waals surface area contributed by atoms with E-state index in [1.165, 1.54) is 22.8 Å². The summed E-state index contributed by atoms with van der Waals surface area (Å²) >= 11 is 0. The quantitative estimate of drug-likeness (QED) is 0.448. The van der Waals surface area contributed by atoms with Crippen molar-refractivity contribution in [3.63, 3.8) is 0 Å². The van der Waals surface area contributed by atoms with Gasteiger partial charge in [0, 0.05) is 6.54 Å². The van der Waals surface area contributed by atoms with Gasteiger partial charge in [0.1, 0.15) is 23.5 Å². The smallest absolute Gasteiger partial charge is 0.270 e. The Morgan fingerprint density at radius 2 is 1.94 bits per heavy atom. The van der Waals surface area contributed by atoms with Gasteiger partial charge in [-0.3, -0.25) is 9.59 Å². The number of ether oxygens (including phenoxy) is 1. The summed E-state index contributed by atoms with van der Waals surface area (Å²) in [6, 6.07) is 14.9. The van der Waals surface area contributed by atoms with Crippen LogP contribution in [0.1, 0.15) is 27.2 Å². The zero-order chi connectivity index (χ0) is 23.5. The molecule has 0 saturated heterocycles. The highest BCUT2D eigenvalue weighted by Gasteiger charge is 2.17. The van der Waals surface area contributed by atoms with E-state index in [1.54, 1.807) is 12.1 Å². The van der Waals surface area contributed by atoms with Gasteiger partial charge in [-0.15, -0.1) is 10.2 Å². The number of anilines is 1. The minimum Gasteiger partial charge on any atom is -0.482 e. The van der Waals surface area contributed by atoms with Crippen LogP contribution in [0.3, 0.4) is 0 Å². The Balaban J connectivity index is 1.25. The van der Waals surface area contributed by atoms with Gasteiger partial charge in [-0.25, -0.2) is 9.97 Å². The second-order valence-electron chi connectivity index (χ2n) is 7.77. The maximum atomic E-state index is 12.7. The molecular weight excluding hydrogens is 436 g/mol. The number of amides is 2. The van der Waals surface area contributed by atoms with Crippen molar-refractivity contribution in [2.45, 2.75) is 20.0 Å². The van der Waals surface area contributed by atoms with Crippen molar-refractivity contribution in [3.05, 3.63) is 77.2 Å². The number of nitrogens with zero attached hydrogens (tertiary/aromatic N) is 6. The fourth-order valence-corrected chi connectivity index (χ4v) is 3.39. The highest BCUT2D eigenvalue weighted by molar-refractivity contribution is 5.95. The molecule has 11 heteroatoms. The number of fused-ring (bicyclic) bond motifs is 1. The van der Waals surface area contributed by atoms with E-state index in [0.717, 1.165) is 11.1 Å². The van der Waals surface area contributed by atoms with Crippen LogP contribution in [-0.4, -0.2) is 48.6 Å². The normalized spacial score (nSPS) is 12.4. The number of aryl methyl sites for hydroxylation is 1. The summed E-state index contributed by atoms with van der Waals surface area (Å²) in [5, 5.41) is 18.1. The highest BCUT2D eigenvalue weighted by Crippen LogP contribution is 2.28. The lowest BCUT2D eigenvalue weighted by atomic mass is 10.1. The van der Waals surface area contributed by atoms with Crippen LogP contribution in [0.2, 0.25) is 0 Å². The molecule has 2 amide bonds. The third-order valence-corrected chi connectivity index (χ3v) is 5.16. The molecular formula is C23H20N8O3. The van der Waals surface area contributed by atoms with E-state index in [2.05, 4.69) is 36.0 Å². The molecule has 11 nitrogen and oxygen atoms in total. The van der Waals surface area contributed by atoms with Gasteiger partial charge in [-0.2, -0.15) is 4.80 Å². The summed E-state index contributed by atoms with van der Waals surface area (Å²) in [4.78, 5) is 33.9. The second kappa shape index (κ2) is 9.06. The summed E-state index contributed by atoms with van der Waals surface area (Å²) in [5.74, 6) is 0.298. The topological polar surface area (TPSA) is 137 Å². The zero-order valence-electron chi connectivity index (χ0n) is 18.2. The Bertz CT molecular complexity index is 1370. The zero-order valence-corrected chi connectivity index (χ0v) is 18.2. The van der Waals surface area contributed by atoms with Crippen LogP contribution in [0.25, 0.3) is 11.5 Å². The first-order valence-corrected chi connectivity index (χ1v) is 10.5. The van der Waals surface area contributed by atoms with Crippen molar-refractivity contribution in [2.24, 2.45) is 0 Å². The molecule has 0 spiro atoms. The first kappa shape index (κ1) is 21.2. The number of benzene rings is 2. The second-order valence-corrected chi connectivity index (χ2v) is 7.77. The molecule has 1 aliphatic rings. The van der Waals surface area contributed by atoms with Crippen LogP contribution in [0.15, 0.2) is 54.9 Å². The average Bonchev–Trinajstić information content (AvgIpc) is 3.32. The minimum atomic E-state index is -0.381. The van der Waals surface area contributed by atoms with Crippen LogP contribution in [0.4, 0.5) is 5.69 Å². The summed E-state index contributed by atoms with van der Waals surface area (Å²) in [7, 11) is 0. The maximum absolute atomic E-state index is 12.7. The number of rotatable bonds is 6. The summed E-state index contributed by atoms with van der Waals surface area (Å²) in [5.41, 5.74) is 4.17. The molecule has 4 aromatic rings. The molecule has 0 fully saturated rings. The molecule has 0 bridgehead atoms. The Labute approximate surface area is 194 Å². The molecule has 2 N–H and O–H groups in total. The van der Waals surface area contributed by atoms with Gasteiger partial charge in [-0.05, 0) is 41.5 Å². The molecule has 170 valence electrons. The molecule has 2 aromatic carbocycles. The van der Waals surface area contributed by atoms with Crippen molar-refractivity contribution in [1.29, 1.82) is 0 Å². The summed E-state index contributed by atoms with van der Waals surface area (Å²) in [6.07, 6.45) is 1.29. The third kappa shape index (κ3) is 4.72. The van der Waals surface area contributed by atoms with Gasteiger partial charge >= 0.3 is 0 Å². The van der Waals surface area contributed by atoms with Crippen LogP contribution in [-0.2, 0) is 17.9 Å².